The third-order valence-electron chi connectivity index (χ3n) is 5.19. The van der Waals surface area contributed by atoms with Gasteiger partial charge in [-0.15, -0.1) is 0 Å². The first-order valence-electron chi connectivity index (χ1n) is 8.12. The number of hydrogen-bond donors (Lipinski definition) is 1. The van der Waals surface area contributed by atoms with Crippen LogP contribution >= 0.6 is 0 Å². The first kappa shape index (κ1) is 15.6. The van der Waals surface area contributed by atoms with Crippen molar-refractivity contribution in [2.24, 2.45) is 11.8 Å². The predicted molar refractivity (Wildman–Crippen MR) is 86.1 cm³/mol. The second kappa shape index (κ2) is 5.89. The molecule has 1 aliphatic carbocycles. The molecule has 1 fully saturated rings. The van der Waals surface area contributed by atoms with Crippen LogP contribution in [-0.2, 0) is 6.42 Å². The van der Waals surface area contributed by atoms with Crippen molar-refractivity contribution in [3.05, 3.63) is 34.4 Å². The molecule has 1 nitrogen and oxygen atoms in total. The lowest BCUT2D eigenvalue weighted by atomic mass is 9.67. The van der Waals surface area contributed by atoms with Gasteiger partial charge in [-0.25, -0.2) is 0 Å². The lowest BCUT2D eigenvalue weighted by Gasteiger charge is -2.43. The number of benzene rings is 1. The zero-order valence-corrected chi connectivity index (χ0v) is 13.8. The first-order valence-corrected chi connectivity index (χ1v) is 8.12. The lowest BCUT2D eigenvalue weighted by Crippen LogP contribution is -2.45. The topological polar surface area (TPSA) is 20.2 Å². The minimum Gasteiger partial charge on any atom is -0.389 e. The molecule has 2 rings (SSSR count). The molecule has 0 bridgehead atoms. The summed E-state index contributed by atoms with van der Waals surface area (Å²) in [5.41, 5.74) is 4.86. The van der Waals surface area contributed by atoms with Crippen molar-refractivity contribution in [2.75, 3.05) is 0 Å². The van der Waals surface area contributed by atoms with E-state index in [0.29, 0.717) is 11.8 Å². The highest BCUT2D eigenvalue weighted by Crippen LogP contribution is 2.41. The zero-order valence-electron chi connectivity index (χ0n) is 13.8. The fourth-order valence-corrected chi connectivity index (χ4v) is 4.22. The third kappa shape index (κ3) is 3.09. The summed E-state index contributed by atoms with van der Waals surface area (Å²) in [6, 6.07) is 4.50. The summed E-state index contributed by atoms with van der Waals surface area (Å²) in [6.07, 6.45) is 5.41. The Kier molecular flexibility index (Phi) is 4.59. The Morgan fingerprint density at radius 1 is 1.15 bits per heavy atom. The van der Waals surface area contributed by atoms with Crippen LogP contribution in [0.15, 0.2) is 12.1 Å². The average Bonchev–Trinajstić information content (AvgIpc) is 2.34. The van der Waals surface area contributed by atoms with Crippen LogP contribution in [0, 0.1) is 32.6 Å². The Hall–Kier alpha value is -0.820. The maximum atomic E-state index is 11.3. The molecule has 2 unspecified atom stereocenters. The van der Waals surface area contributed by atoms with Crippen molar-refractivity contribution in [3.8, 4) is 0 Å². The summed E-state index contributed by atoms with van der Waals surface area (Å²) in [7, 11) is 0. The average molecular weight is 274 g/mol. The van der Waals surface area contributed by atoms with E-state index in [1.54, 1.807) is 0 Å². The summed E-state index contributed by atoms with van der Waals surface area (Å²) in [4.78, 5) is 0. The highest BCUT2D eigenvalue weighted by Gasteiger charge is 2.40. The van der Waals surface area contributed by atoms with E-state index in [0.717, 1.165) is 12.8 Å². The van der Waals surface area contributed by atoms with Crippen LogP contribution in [0.1, 0.15) is 61.8 Å². The van der Waals surface area contributed by atoms with Gasteiger partial charge in [0.05, 0.1) is 5.60 Å². The molecule has 112 valence electrons. The third-order valence-corrected chi connectivity index (χ3v) is 5.19. The summed E-state index contributed by atoms with van der Waals surface area (Å²) in [5.74, 6) is 1.00. The Bertz CT molecular complexity index is 452. The van der Waals surface area contributed by atoms with Gasteiger partial charge in [-0.3, -0.25) is 0 Å². The molecule has 1 aromatic rings. The van der Waals surface area contributed by atoms with Crippen LogP contribution in [0.5, 0.6) is 0 Å². The number of hydrogen-bond acceptors (Lipinski definition) is 1. The van der Waals surface area contributed by atoms with E-state index in [1.165, 1.54) is 41.5 Å². The van der Waals surface area contributed by atoms with Gasteiger partial charge in [0, 0.05) is 6.42 Å². The SMILES string of the molecule is Cc1cc(C)c(CC2(O)CCCCC2C(C)C)c(C)c1. The van der Waals surface area contributed by atoms with Crippen molar-refractivity contribution in [1.82, 2.24) is 0 Å². The number of aryl methyl sites for hydroxylation is 3. The van der Waals surface area contributed by atoms with Crippen molar-refractivity contribution >= 4 is 0 Å². The molecule has 20 heavy (non-hydrogen) atoms. The van der Waals surface area contributed by atoms with Gasteiger partial charge in [-0.1, -0.05) is 44.4 Å². The summed E-state index contributed by atoms with van der Waals surface area (Å²) >= 11 is 0. The summed E-state index contributed by atoms with van der Waals surface area (Å²) in [6.45, 7) is 11.0. The van der Waals surface area contributed by atoms with Crippen molar-refractivity contribution < 1.29 is 5.11 Å². The van der Waals surface area contributed by atoms with Gasteiger partial charge in [0.15, 0.2) is 0 Å². The molecule has 0 saturated heterocycles. The fraction of sp³-hybridized carbons (Fsp3) is 0.684. The minimum absolute atomic E-state index is 0.441. The zero-order chi connectivity index (χ0) is 14.9. The Labute approximate surface area is 124 Å². The molecule has 0 aromatic heterocycles. The number of rotatable bonds is 3. The molecular weight excluding hydrogens is 244 g/mol. The van der Waals surface area contributed by atoms with Gasteiger partial charge < -0.3 is 5.11 Å². The molecule has 1 saturated carbocycles. The van der Waals surface area contributed by atoms with Gasteiger partial charge in [0.25, 0.3) is 0 Å². The van der Waals surface area contributed by atoms with Crippen LogP contribution in [0.3, 0.4) is 0 Å². The van der Waals surface area contributed by atoms with E-state index in [4.69, 9.17) is 0 Å². The van der Waals surface area contributed by atoms with Crippen molar-refractivity contribution in [2.45, 2.75) is 72.3 Å². The molecule has 1 N–H and O–H groups in total. The second-order valence-electron chi connectivity index (χ2n) is 7.25. The van der Waals surface area contributed by atoms with E-state index < -0.39 is 5.60 Å². The van der Waals surface area contributed by atoms with E-state index >= 15 is 0 Å². The Morgan fingerprint density at radius 2 is 1.75 bits per heavy atom. The number of aliphatic hydroxyl groups is 1. The smallest absolute Gasteiger partial charge is 0.0718 e. The van der Waals surface area contributed by atoms with Crippen LogP contribution in [0.2, 0.25) is 0 Å². The minimum atomic E-state index is -0.503. The molecule has 0 aliphatic heterocycles. The monoisotopic (exact) mass is 274 g/mol. The van der Waals surface area contributed by atoms with Crippen LogP contribution in [0.25, 0.3) is 0 Å². The maximum absolute atomic E-state index is 11.3. The molecule has 0 heterocycles. The summed E-state index contributed by atoms with van der Waals surface area (Å²) in [5, 5.41) is 11.3. The highest BCUT2D eigenvalue weighted by molar-refractivity contribution is 5.38. The molecule has 0 amide bonds. The maximum Gasteiger partial charge on any atom is 0.0718 e. The first-order chi connectivity index (χ1) is 9.33. The van der Waals surface area contributed by atoms with Gasteiger partial charge >= 0.3 is 0 Å². The molecular formula is C19H30O. The molecule has 2 atom stereocenters. The van der Waals surface area contributed by atoms with Crippen LogP contribution in [-0.4, -0.2) is 10.7 Å². The second-order valence-corrected chi connectivity index (χ2v) is 7.25. The van der Waals surface area contributed by atoms with Gasteiger partial charge in [0.2, 0.25) is 0 Å². The quantitative estimate of drug-likeness (QED) is 0.844. The predicted octanol–water partition coefficient (Wildman–Crippen LogP) is 4.73. The van der Waals surface area contributed by atoms with Crippen molar-refractivity contribution in [1.29, 1.82) is 0 Å². The van der Waals surface area contributed by atoms with Gasteiger partial charge in [0.1, 0.15) is 0 Å². The van der Waals surface area contributed by atoms with Crippen LogP contribution < -0.4 is 0 Å². The fourth-order valence-electron chi connectivity index (χ4n) is 4.22. The van der Waals surface area contributed by atoms with E-state index in [-0.39, 0.29) is 0 Å². The Morgan fingerprint density at radius 3 is 2.30 bits per heavy atom. The van der Waals surface area contributed by atoms with Gasteiger partial charge in [-0.05, 0) is 62.1 Å². The standard InChI is InChI=1S/C19H30O/c1-13(2)18-8-6-7-9-19(18,20)12-17-15(4)10-14(3)11-16(17)5/h10-11,13,18,20H,6-9,12H2,1-5H3. The molecule has 1 aliphatic rings. The molecule has 0 spiro atoms. The molecule has 1 heteroatoms. The largest absolute Gasteiger partial charge is 0.389 e. The normalized spacial score (nSPS) is 27.1. The van der Waals surface area contributed by atoms with E-state index in [1.807, 2.05) is 0 Å². The van der Waals surface area contributed by atoms with Crippen molar-refractivity contribution in [3.63, 3.8) is 0 Å². The van der Waals surface area contributed by atoms with E-state index in [2.05, 4.69) is 46.8 Å². The van der Waals surface area contributed by atoms with Gasteiger partial charge in [-0.2, -0.15) is 0 Å². The highest BCUT2D eigenvalue weighted by atomic mass is 16.3. The summed E-state index contributed by atoms with van der Waals surface area (Å²) < 4.78 is 0. The molecule has 0 radical (unpaired) electrons. The lowest BCUT2D eigenvalue weighted by molar-refractivity contribution is -0.0654. The van der Waals surface area contributed by atoms with E-state index in [9.17, 15) is 5.11 Å². The molecule has 1 aromatic carbocycles. The Balaban J connectivity index is 2.31. The van der Waals surface area contributed by atoms with Crippen LogP contribution in [0.4, 0.5) is 0 Å².